The highest BCUT2D eigenvalue weighted by Gasteiger charge is 2.10. The number of anilines is 1. The third kappa shape index (κ3) is 2.85. The molecule has 0 aliphatic rings. The Morgan fingerprint density at radius 1 is 1.24 bits per heavy atom. The number of nitrogens with zero attached hydrogens (tertiary/aromatic N) is 1. The molecule has 0 amide bonds. The fraction of sp³-hybridized carbons (Fsp3) is 0.231. The van der Waals surface area contributed by atoms with Gasteiger partial charge in [-0.05, 0) is 31.3 Å². The van der Waals surface area contributed by atoms with Crippen LogP contribution in [-0.2, 0) is 13.1 Å². The first-order valence-corrected chi connectivity index (χ1v) is 5.40. The minimum absolute atomic E-state index is 0.267. The van der Waals surface area contributed by atoms with E-state index in [1.807, 2.05) is 24.1 Å². The molecule has 2 N–H and O–H groups in total. The summed E-state index contributed by atoms with van der Waals surface area (Å²) in [6, 6.07) is 8.47. The molecular formula is C13H15FN2O. The number of halogens is 1. The van der Waals surface area contributed by atoms with E-state index in [0.29, 0.717) is 24.3 Å². The van der Waals surface area contributed by atoms with Crippen LogP contribution in [-0.4, -0.2) is 11.9 Å². The van der Waals surface area contributed by atoms with Gasteiger partial charge in [-0.1, -0.05) is 6.07 Å². The lowest BCUT2D eigenvalue weighted by Gasteiger charge is -2.16. The first kappa shape index (κ1) is 11.7. The Balaban J connectivity index is 2.05. The summed E-state index contributed by atoms with van der Waals surface area (Å²) in [4.78, 5) is 1.95. The third-order valence-electron chi connectivity index (χ3n) is 2.59. The van der Waals surface area contributed by atoms with Crippen molar-refractivity contribution in [1.29, 1.82) is 0 Å². The number of nitrogens with two attached hydrogens (primary N) is 1. The zero-order chi connectivity index (χ0) is 12.3. The maximum absolute atomic E-state index is 13.6. The molecule has 0 spiro atoms. The predicted octanol–water partition coefficient (Wildman–Crippen LogP) is 2.63. The lowest BCUT2D eigenvalue weighted by molar-refractivity contribution is 0.284. The van der Waals surface area contributed by atoms with Crippen molar-refractivity contribution in [3.05, 3.63) is 53.7 Å². The van der Waals surface area contributed by atoms with Crippen molar-refractivity contribution < 1.29 is 8.81 Å². The zero-order valence-corrected chi connectivity index (χ0v) is 9.69. The van der Waals surface area contributed by atoms with Crippen molar-refractivity contribution >= 4 is 5.69 Å². The van der Waals surface area contributed by atoms with Gasteiger partial charge in [0.1, 0.15) is 11.6 Å². The SMILES string of the molecule is CN(Cc1ccco1)Cc1c(N)cccc1F. The molecule has 2 rings (SSSR count). The monoisotopic (exact) mass is 234 g/mol. The Morgan fingerprint density at radius 2 is 2.06 bits per heavy atom. The Morgan fingerprint density at radius 3 is 2.71 bits per heavy atom. The number of hydrogen-bond acceptors (Lipinski definition) is 3. The fourth-order valence-corrected chi connectivity index (χ4v) is 1.74. The van der Waals surface area contributed by atoms with E-state index in [9.17, 15) is 4.39 Å². The molecule has 2 aromatic rings. The van der Waals surface area contributed by atoms with E-state index in [4.69, 9.17) is 10.2 Å². The number of furan rings is 1. The van der Waals surface area contributed by atoms with Gasteiger partial charge in [0.2, 0.25) is 0 Å². The molecule has 0 atom stereocenters. The van der Waals surface area contributed by atoms with Gasteiger partial charge in [-0.2, -0.15) is 0 Å². The summed E-state index contributed by atoms with van der Waals surface area (Å²) in [5, 5.41) is 0. The average molecular weight is 234 g/mol. The summed E-state index contributed by atoms with van der Waals surface area (Å²) in [6.07, 6.45) is 1.63. The number of nitrogen functional groups attached to an aromatic ring is 1. The predicted molar refractivity (Wildman–Crippen MR) is 64.7 cm³/mol. The summed E-state index contributed by atoms with van der Waals surface area (Å²) in [5.74, 6) is 0.582. The van der Waals surface area contributed by atoms with Crippen LogP contribution >= 0.6 is 0 Å². The lowest BCUT2D eigenvalue weighted by Crippen LogP contribution is -2.18. The molecule has 0 aliphatic heterocycles. The van der Waals surface area contributed by atoms with Gasteiger partial charge in [-0.15, -0.1) is 0 Å². The van der Waals surface area contributed by atoms with E-state index >= 15 is 0 Å². The highest BCUT2D eigenvalue weighted by Crippen LogP contribution is 2.18. The smallest absolute Gasteiger partial charge is 0.129 e. The molecule has 0 saturated heterocycles. The standard InChI is InChI=1S/C13H15FN2O/c1-16(8-10-4-3-7-17-10)9-11-12(14)5-2-6-13(11)15/h2-7H,8-9,15H2,1H3. The topological polar surface area (TPSA) is 42.4 Å². The highest BCUT2D eigenvalue weighted by atomic mass is 19.1. The van der Waals surface area contributed by atoms with Crippen molar-refractivity contribution in [2.45, 2.75) is 13.1 Å². The Hall–Kier alpha value is -1.81. The van der Waals surface area contributed by atoms with E-state index in [1.165, 1.54) is 6.07 Å². The summed E-state index contributed by atoms with van der Waals surface area (Å²) >= 11 is 0. The second-order valence-corrected chi connectivity index (χ2v) is 4.06. The average Bonchev–Trinajstić information content (AvgIpc) is 2.76. The van der Waals surface area contributed by atoms with Crippen LogP contribution < -0.4 is 5.73 Å². The molecule has 1 aromatic heterocycles. The number of rotatable bonds is 4. The number of hydrogen-bond donors (Lipinski definition) is 1. The molecule has 0 fully saturated rings. The van der Waals surface area contributed by atoms with Gasteiger partial charge in [-0.3, -0.25) is 4.90 Å². The van der Waals surface area contributed by atoms with Gasteiger partial charge in [0, 0.05) is 17.8 Å². The molecule has 1 heterocycles. The molecular weight excluding hydrogens is 219 g/mol. The van der Waals surface area contributed by atoms with Gasteiger partial charge < -0.3 is 10.2 Å². The normalized spacial score (nSPS) is 11.0. The van der Waals surface area contributed by atoms with E-state index in [0.717, 1.165) is 5.76 Å². The van der Waals surface area contributed by atoms with Gasteiger partial charge in [0.25, 0.3) is 0 Å². The van der Waals surface area contributed by atoms with Crippen LogP contribution in [0.5, 0.6) is 0 Å². The quantitative estimate of drug-likeness (QED) is 0.827. The summed E-state index contributed by atoms with van der Waals surface area (Å²) in [5.41, 5.74) is 6.76. The minimum Gasteiger partial charge on any atom is -0.468 e. The Labute approximate surface area is 99.6 Å². The third-order valence-corrected chi connectivity index (χ3v) is 2.59. The van der Waals surface area contributed by atoms with Crippen LogP contribution in [0.2, 0.25) is 0 Å². The van der Waals surface area contributed by atoms with Crippen molar-refractivity contribution in [1.82, 2.24) is 4.90 Å². The van der Waals surface area contributed by atoms with Gasteiger partial charge in [-0.25, -0.2) is 4.39 Å². The Kier molecular flexibility index (Phi) is 3.44. The maximum Gasteiger partial charge on any atom is 0.129 e. The molecule has 90 valence electrons. The van der Waals surface area contributed by atoms with Crippen molar-refractivity contribution in [3.8, 4) is 0 Å². The van der Waals surface area contributed by atoms with Crippen molar-refractivity contribution in [2.75, 3.05) is 12.8 Å². The Bertz CT molecular complexity index is 462. The van der Waals surface area contributed by atoms with Crippen LogP contribution in [0.15, 0.2) is 41.0 Å². The molecule has 3 nitrogen and oxygen atoms in total. The van der Waals surface area contributed by atoms with Gasteiger partial charge in [0.05, 0.1) is 12.8 Å². The zero-order valence-electron chi connectivity index (χ0n) is 9.69. The molecule has 17 heavy (non-hydrogen) atoms. The van der Waals surface area contributed by atoms with Crippen LogP contribution in [0.3, 0.4) is 0 Å². The van der Waals surface area contributed by atoms with E-state index < -0.39 is 0 Å². The van der Waals surface area contributed by atoms with E-state index in [2.05, 4.69) is 0 Å². The van der Waals surface area contributed by atoms with Gasteiger partial charge >= 0.3 is 0 Å². The molecule has 0 aliphatic carbocycles. The van der Waals surface area contributed by atoms with Crippen LogP contribution in [0.1, 0.15) is 11.3 Å². The van der Waals surface area contributed by atoms with Gasteiger partial charge in [0.15, 0.2) is 0 Å². The fourth-order valence-electron chi connectivity index (χ4n) is 1.74. The molecule has 0 saturated carbocycles. The molecule has 0 bridgehead atoms. The molecule has 4 heteroatoms. The largest absolute Gasteiger partial charge is 0.468 e. The van der Waals surface area contributed by atoms with Crippen LogP contribution in [0.25, 0.3) is 0 Å². The number of benzene rings is 1. The second-order valence-electron chi connectivity index (χ2n) is 4.06. The van der Waals surface area contributed by atoms with E-state index in [-0.39, 0.29) is 5.82 Å². The first-order valence-electron chi connectivity index (χ1n) is 5.40. The van der Waals surface area contributed by atoms with Crippen LogP contribution in [0, 0.1) is 5.82 Å². The first-order chi connectivity index (χ1) is 8.16. The molecule has 0 radical (unpaired) electrons. The van der Waals surface area contributed by atoms with Crippen molar-refractivity contribution in [2.24, 2.45) is 0 Å². The summed E-state index contributed by atoms with van der Waals surface area (Å²) in [7, 11) is 1.90. The van der Waals surface area contributed by atoms with Crippen LogP contribution in [0.4, 0.5) is 10.1 Å². The van der Waals surface area contributed by atoms with E-state index in [1.54, 1.807) is 18.4 Å². The maximum atomic E-state index is 13.6. The lowest BCUT2D eigenvalue weighted by atomic mass is 10.1. The molecule has 0 unspecified atom stereocenters. The summed E-state index contributed by atoms with van der Waals surface area (Å²) in [6.45, 7) is 1.08. The highest BCUT2D eigenvalue weighted by molar-refractivity contribution is 5.47. The molecule has 1 aromatic carbocycles. The minimum atomic E-state index is -0.267. The summed E-state index contributed by atoms with van der Waals surface area (Å²) < 4.78 is 18.8. The van der Waals surface area contributed by atoms with Crippen molar-refractivity contribution in [3.63, 3.8) is 0 Å². The second kappa shape index (κ2) is 5.01.